The van der Waals surface area contributed by atoms with E-state index in [4.69, 9.17) is 26.3 Å². The van der Waals surface area contributed by atoms with Crippen molar-refractivity contribution in [3.63, 3.8) is 0 Å². The molecule has 0 saturated carbocycles. The van der Waals surface area contributed by atoms with Crippen LogP contribution in [-0.4, -0.2) is 25.7 Å². The standard InChI is InChI=1S/C11H12ClNO2/c12-5-6-14-7-8-15-11-4-2-1-3-10(11)9-13/h1-4H,5-8H2. The zero-order chi connectivity index (χ0) is 10.9. The van der Waals surface area contributed by atoms with Crippen LogP contribution in [0.15, 0.2) is 24.3 Å². The largest absolute Gasteiger partial charge is 0.490 e. The van der Waals surface area contributed by atoms with Crippen LogP contribution in [0.2, 0.25) is 0 Å². The Morgan fingerprint density at radius 2 is 2.00 bits per heavy atom. The lowest BCUT2D eigenvalue weighted by Gasteiger charge is -2.07. The van der Waals surface area contributed by atoms with Gasteiger partial charge in [0.15, 0.2) is 0 Å². The third kappa shape index (κ3) is 4.20. The van der Waals surface area contributed by atoms with Gasteiger partial charge in [0.05, 0.1) is 18.8 Å². The van der Waals surface area contributed by atoms with E-state index in [9.17, 15) is 0 Å². The first kappa shape index (κ1) is 11.8. The van der Waals surface area contributed by atoms with Crippen molar-refractivity contribution in [2.24, 2.45) is 0 Å². The number of hydrogen-bond acceptors (Lipinski definition) is 3. The number of para-hydroxylation sites is 1. The lowest BCUT2D eigenvalue weighted by molar-refractivity contribution is 0.111. The number of alkyl halides is 1. The van der Waals surface area contributed by atoms with Gasteiger partial charge < -0.3 is 9.47 Å². The number of nitriles is 1. The van der Waals surface area contributed by atoms with Gasteiger partial charge in [-0.25, -0.2) is 0 Å². The van der Waals surface area contributed by atoms with Gasteiger partial charge in [-0.3, -0.25) is 0 Å². The molecule has 4 heteroatoms. The molecule has 0 amide bonds. The second-order valence-corrected chi connectivity index (χ2v) is 3.14. The first-order valence-corrected chi connectivity index (χ1v) is 5.17. The Morgan fingerprint density at radius 1 is 1.20 bits per heavy atom. The average Bonchev–Trinajstić information content (AvgIpc) is 2.29. The maximum absolute atomic E-state index is 8.78. The Morgan fingerprint density at radius 3 is 2.73 bits per heavy atom. The minimum absolute atomic E-state index is 0.426. The highest BCUT2D eigenvalue weighted by molar-refractivity contribution is 6.17. The van der Waals surface area contributed by atoms with Crippen molar-refractivity contribution < 1.29 is 9.47 Å². The number of ether oxygens (including phenoxy) is 2. The molecule has 0 spiro atoms. The maximum atomic E-state index is 8.78. The molecule has 0 aliphatic heterocycles. The van der Waals surface area contributed by atoms with E-state index in [1.54, 1.807) is 18.2 Å². The lowest BCUT2D eigenvalue weighted by atomic mass is 10.2. The highest BCUT2D eigenvalue weighted by Crippen LogP contribution is 2.15. The van der Waals surface area contributed by atoms with Gasteiger partial charge in [-0.05, 0) is 12.1 Å². The molecule has 1 aromatic rings. The molecule has 0 fully saturated rings. The van der Waals surface area contributed by atoms with E-state index in [0.717, 1.165) is 0 Å². The van der Waals surface area contributed by atoms with Crippen LogP contribution in [0.4, 0.5) is 0 Å². The minimum Gasteiger partial charge on any atom is -0.490 e. The van der Waals surface area contributed by atoms with Gasteiger partial charge in [0.2, 0.25) is 0 Å². The van der Waals surface area contributed by atoms with Crippen LogP contribution in [0, 0.1) is 11.3 Å². The number of halogens is 1. The molecule has 15 heavy (non-hydrogen) atoms. The molecule has 0 heterocycles. The molecule has 0 aliphatic carbocycles. The van der Waals surface area contributed by atoms with Gasteiger partial charge in [0.1, 0.15) is 18.4 Å². The Bertz CT molecular complexity index is 336. The summed E-state index contributed by atoms with van der Waals surface area (Å²) in [5.74, 6) is 1.07. The molecule has 3 nitrogen and oxygen atoms in total. The summed E-state index contributed by atoms with van der Waals surface area (Å²) in [5.41, 5.74) is 0.537. The summed E-state index contributed by atoms with van der Waals surface area (Å²) >= 11 is 5.44. The van der Waals surface area contributed by atoms with Gasteiger partial charge in [0.25, 0.3) is 0 Å². The summed E-state index contributed by atoms with van der Waals surface area (Å²) in [6, 6.07) is 9.17. The van der Waals surface area contributed by atoms with Crippen molar-refractivity contribution in [1.29, 1.82) is 5.26 Å². The quantitative estimate of drug-likeness (QED) is 0.551. The highest BCUT2D eigenvalue weighted by Gasteiger charge is 2.00. The van der Waals surface area contributed by atoms with Gasteiger partial charge >= 0.3 is 0 Å². The second kappa shape index (κ2) is 7.10. The van der Waals surface area contributed by atoms with E-state index in [1.807, 2.05) is 6.07 Å². The van der Waals surface area contributed by atoms with Crippen LogP contribution < -0.4 is 4.74 Å². The Kier molecular flexibility index (Phi) is 5.60. The minimum atomic E-state index is 0.426. The van der Waals surface area contributed by atoms with Crippen LogP contribution in [0.5, 0.6) is 5.75 Å². The summed E-state index contributed by atoms with van der Waals surface area (Å²) in [5, 5.41) is 8.78. The first-order valence-electron chi connectivity index (χ1n) is 4.64. The second-order valence-electron chi connectivity index (χ2n) is 2.76. The number of hydrogen-bond donors (Lipinski definition) is 0. The topological polar surface area (TPSA) is 42.2 Å². The van der Waals surface area contributed by atoms with Crippen molar-refractivity contribution >= 4 is 11.6 Å². The number of benzene rings is 1. The van der Waals surface area contributed by atoms with E-state index >= 15 is 0 Å². The zero-order valence-electron chi connectivity index (χ0n) is 8.28. The molecule has 0 saturated heterocycles. The Labute approximate surface area is 94.2 Å². The number of nitrogens with zero attached hydrogens (tertiary/aromatic N) is 1. The maximum Gasteiger partial charge on any atom is 0.137 e. The molecule has 0 bridgehead atoms. The predicted molar refractivity (Wildman–Crippen MR) is 58.2 cm³/mol. The fourth-order valence-corrected chi connectivity index (χ4v) is 1.16. The Hall–Kier alpha value is -1.24. The van der Waals surface area contributed by atoms with Crippen LogP contribution in [-0.2, 0) is 4.74 Å². The van der Waals surface area contributed by atoms with E-state index in [2.05, 4.69) is 6.07 Å². The molecule has 0 atom stereocenters. The molecule has 0 radical (unpaired) electrons. The van der Waals surface area contributed by atoms with Gasteiger partial charge in [-0.1, -0.05) is 12.1 Å². The van der Waals surface area contributed by atoms with Crippen LogP contribution in [0.1, 0.15) is 5.56 Å². The normalized spacial score (nSPS) is 9.60. The lowest BCUT2D eigenvalue weighted by Crippen LogP contribution is -2.08. The summed E-state index contributed by atoms with van der Waals surface area (Å²) in [6.07, 6.45) is 0. The molecular formula is C11H12ClNO2. The molecule has 0 aromatic heterocycles. The zero-order valence-corrected chi connectivity index (χ0v) is 9.04. The van der Waals surface area contributed by atoms with E-state index < -0.39 is 0 Å². The average molecular weight is 226 g/mol. The molecule has 1 aromatic carbocycles. The third-order valence-electron chi connectivity index (χ3n) is 1.71. The van der Waals surface area contributed by atoms with Crippen LogP contribution in [0.3, 0.4) is 0 Å². The molecule has 80 valence electrons. The first-order chi connectivity index (χ1) is 7.38. The Balaban J connectivity index is 2.34. The van der Waals surface area contributed by atoms with Crippen LogP contribution in [0.25, 0.3) is 0 Å². The monoisotopic (exact) mass is 225 g/mol. The van der Waals surface area contributed by atoms with Crippen molar-refractivity contribution in [1.82, 2.24) is 0 Å². The van der Waals surface area contributed by atoms with Crippen molar-refractivity contribution in [2.75, 3.05) is 25.7 Å². The summed E-state index contributed by atoms with van der Waals surface area (Å²) in [4.78, 5) is 0. The highest BCUT2D eigenvalue weighted by atomic mass is 35.5. The van der Waals surface area contributed by atoms with Crippen LogP contribution >= 0.6 is 11.6 Å². The molecule has 1 rings (SSSR count). The van der Waals surface area contributed by atoms with Crippen molar-refractivity contribution in [2.45, 2.75) is 0 Å². The van der Waals surface area contributed by atoms with Crippen molar-refractivity contribution in [3.8, 4) is 11.8 Å². The van der Waals surface area contributed by atoms with Gasteiger partial charge in [0, 0.05) is 5.88 Å². The van der Waals surface area contributed by atoms with E-state index in [0.29, 0.717) is 37.0 Å². The number of rotatable bonds is 6. The van der Waals surface area contributed by atoms with Gasteiger partial charge in [-0.2, -0.15) is 5.26 Å². The molecule has 0 unspecified atom stereocenters. The summed E-state index contributed by atoms with van der Waals surface area (Å²) in [7, 11) is 0. The SMILES string of the molecule is N#Cc1ccccc1OCCOCCCl. The predicted octanol–water partition coefficient (Wildman–Crippen LogP) is 2.19. The van der Waals surface area contributed by atoms with Gasteiger partial charge in [-0.15, -0.1) is 11.6 Å². The fraction of sp³-hybridized carbons (Fsp3) is 0.364. The molecule has 0 N–H and O–H groups in total. The molecule has 0 aliphatic rings. The van der Waals surface area contributed by atoms with E-state index in [1.165, 1.54) is 0 Å². The third-order valence-corrected chi connectivity index (χ3v) is 1.87. The summed E-state index contributed by atoms with van der Waals surface area (Å²) in [6.45, 7) is 1.42. The summed E-state index contributed by atoms with van der Waals surface area (Å²) < 4.78 is 10.5. The molecular weight excluding hydrogens is 214 g/mol. The smallest absolute Gasteiger partial charge is 0.137 e. The fourth-order valence-electron chi connectivity index (χ4n) is 1.05. The van der Waals surface area contributed by atoms with Crippen molar-refractivity contribution in [3.05, 3.63) is 29.8 Å². The van der Waals surface area contributed by atoms with E-state index in [-0.39, 0.29) is 0 Å².